The van der Waals surface area contributed by atoms with Crippen LogP contribution in [0.4, 0.5) is 0 Å². The number of carboxylic acid groups (broad SMARTS) is 1. The number of halogens is 1. The largest absolute Gasteiger partial charge is 0.478 e. The van der Waals surface area contributed by atoms with Crippen LogP contribution in [0.5, 0.6) is 0 Å². The van der Waals surface area contributed by atoms with Crippen molar-refractivity contribution in [1.29, 1.82) is 0 Å². The van der Waals surface area contributed by atoms with Gasteiger partial charge < -0.3 is 9.67 Å². The van der Waals surface area contributed by atoms with E-state index < -0.39 is 5.97 Å². The maximum Gasteiger partial charge on any atom is 0.337 e. The lowest BCUT2D eigenvalue weighted by Gasteiger charge is -2.18. The molecule has 0 amide bonds. The van der Waals surface area contributed by atoms with Crippen molar-refractivity contribution in [2.45, 2.75) is 58.4 Å². The number of hydrogen-bond donors (Lipinski definition) is 1. The van der Waals surface area contributed by atoms with Crippen LogP contribution < -0.4 is 0 Å². The molecule has 0 aliphatic heterocycles. The molecule has 3 nitrogen and oxygen atoms in total. The number of carboxylic acids is 1. The molecule has 1 N–H and O–H groups in total. The molecule has 1 heterocycles. The molecule has 1 aliphatic carbocycles. The summed E-state index contributed by atoms with van der Waals surface area (Å²) in [5.74, 6) is -0.190. The molecule has 0 fully saturated rings. The van der Waals surface area contributed by atoms with Gasteiger partial charge in [-0.05, 0) is 60.9 Å². The first-order valence-corrected chi connectivity index (χ1v) is 11.1. The summed E-state index contributed by atoms with van der Waals surface area (Å²) in [6.45, 7) is 2.90. The molecule has 3 aromatic rings. The standard InChI is InChI=1S/C25H28ClNO2/c1-2-3-7-17-8-5-11-20-21-12-6-13-22(25(28)29)24(21)27(23(20)15-17)16-18-9-4-10-19(26)14-18/h4,6,9-10,12-14,17H,2-3,5,7-8,11,15-16H2,1H3,(H,28,29). The van der Waals surface area contributed by atoms with Crippen LogP contribution >= 0.6 is 11.6 Å². The van der Waals surface area contributed by atoms with Crippen molar-refractivity contribution in [3.05, 3.63) is 69.9 Å². The molecular formula is C25H28ClNO2. The van der Waals surface area contributed by atoms with Gasteiger partial charge in [-0.3, -0.25) is 0 Å². The van der Waals surface area contributed by atoms with Crippen molar-refractivity contribution in [2.24, 2.45) is 5.92 Å². The lowest BCUT2D eigenvalue weighted by Crippen LogP contribution is -2.12. The Morgan fingerprint density at radius 1 is 1.24 bits per heavy atom. The molecule has 0 saturated carbocycles. The molecule has 0 spiro atoms. The van der Waals surface area contributed by atoms with Gasteiger partial charge in [0.1, 0.15) is 0 Å². The number of unbranched alkanes of at least 4 members (excludes halogenated alkanes) is 1. The zero-order chi connectivity index (χ0) is 20.4. The topological polar surface area (TPSA) is 42.2 Å². The van der Waals surface area contributed by atoms with E-state index in [9.17, 15) is 9.90 Å². The van der Waals surface area contributed by atoms with Crippen LogP contribution in [-0.2, 0) is 19.4 Å². The monoisotopic (exact) mass is 409 g/mol. The number of aryl methyl sites for hydroxylation is 1. The van der Waals surface area contributed by atoms with E-state index in [1.807, 2.05) is 24.3 Å². The van der Waals surface area contributed by atoms with E-state index in [0.29, 0.717) is 23.0 Å². The van der Waals surface area contributed by atoms with E-state index >= 15 is 0 Å². The number of hydrogen-bond acceptors (Lipinski definition) is 1. The Morgan fingerprint density at radius 2 is 2.07 bits per heavy atom. The second-order valence-corrected chi connectivity index (χ2v) is 8.69. The highest BCUT2D eigenvalue weighted by atomic mass is 35.5. The summed E-state index contributed by atoms with van der Waals surface area (Å²) in [6.07, 6.45) is 8.22. The van der Waals surface area contributed by atoms with E-state index in [1.165, 1.54) is 43.4 Å². The molecule has 1 aliphatic rings. The summed E-state index contributed by atoms with van der Waals surface area (Å²) in [7, 11) is 0. The predicted octanol–water partition coefficient (Wildman–Crippen LogP) is 6.73. The summed E-state index contributed by atoms with van der Waals surface area (Å²) in [5.41, 5.74) is 5.03. The van der Waals surface area contributed by atoms with E-state index in [0.717, 1.165) is 29.3 Å². The van der Waals surface area contributed by atoms with Crippen LogP contribution in [0.25, 0.3) is 10.9 Å². The summed E-state index contributed by atoms with van der Waals surface area (Å²) in [5, 5.41) is 11.7. The average molecular weight is 410 g/mol. The van der Waals surface area contributed by atoms with E-state index in [1.54, 1.807) is 6.07 Å². The van der Waals surface area contributed by atoms with Gasteiger partial charge in [-0.15, -0.1) is 0 Å². The summed E-state index contributed by atoms with van der Waals surface area (Å²) in [4.78, 5) is 12.0. The van der Waals surface area contributed by atoms with Gasteiger partial charge in [0, 0.05) is 22.6 Å². The number of para-hydroxylation sites is 1. The molecule has 0 saturated heterocycles. The second kappa shape index (κ2) is 8.62. The summed E-state index contributed by atoms with van der Waals surface area (Å²) >= 11 is 6.23. The van der Waals surface area contributed by atoms with Crippen molar-refractivity contribution in [2.75, 3.05) is 0 Å². The Morgan fingerprint density at radius 3 is 2.83 bits per heavy atom. The molecule has 152 valence electrons. The number of nitrogens with zero attached hydrogens (tertiary/aromatic N) is 1. The third-order valence-corrected chi connectivity index (χ3v) is 6.49. The van der Waals surface area contributed by atoms with Crippen molar-refractivity contribution >= 4 is 28.5 Å². The van der Waals surface area contributed by atoms with E-state index in [2.05, 4.69) is 23.6 Å². The molecule has 4 rings (SSSR count). The highest BCUT2D eigenvalue weighted by Gasteiger charge is 2.26. The highest BCUT2D eigenvalue weighted by molar-refractivity contribution is 6.30. The maximum absolute atomic E-state index is 12.0. The number of aromatic carboxylic acids is 1. The van der Waals surface area contributed by atoms with E-state index in [-0.39, 0.29) is 0 Å². The fraction of sp³-hybridized carbons (Fsp3) is 0.400. The molecule has 0 bridgehead atoms. The Labute approximate surface area is 177 Å². The average Bonchev–Trinajstić information content (AvgIpc) is 2.86. The van der Waals surface area contributed by atoms with Gasteiger partial charge in [0.25, 0.3) is 0 Å². The van der Waals surface area contributed by atoms with Crippen molar-refractivity contribution in [3.8, 4) is 0 Å². The molecule has 1 aromatic heterocycles. The number of benzene rings is 2. The van der Waals surface area contributed by atoms with Gasteiger partial charge >= 0.3 is 5.97 Å². The zero-order valence-corrected chi connectivity index (χ0v) is 17.7. The van der Waals surface area contributed by atoms with Gasteiger partial charge in [0.05, 0.1) is 11.1 Å². The van der Waals surface area contributed by atoms with Gasteiger partial charge in [0.15, 0.2) is 0 Å². The minimum Gasteiger partial charge on any atom is -0.478 e. The Balaban J connectivity index is 1.88. The number of carbonyl (C=O) groups is 1. The summed E-state index contributed by atoms with van der Waals surface area (Å²) in [6, 6.07) is 13.6. The van der Waals surface area contributed by atoms with Gasteiger partial charge in [-0.1, -0.05) is 62.1 Å². The van der Waals surface area contributed by atoms with Crippen LogP contribution in [0.3, 0.4) is 0 Å². The van der Waals surface area contributed by atoms with E-state index in [4.69, 9.17) is 11.6 Å². The van der Waals surface area contributed by atoms with Crippen LogP contribution in [-0.4, -0.2) is 15.6 Å². The first kappa shape index (κ1) is 20.0. The lowest BCUT2D eigenvalue weighted by molar-refractivity contribution is 0.0698. The van der Waals surface area contributed by atoms with Crippen molar-refractivity contribution in [1.82, 2.24) is 4.57 Å². The molecular weight excluding hydrogens is 382 g/mol. The zero-order valence-electron chi connectivity index (χ0n) is 17.0. The normalized spacial score (nSPS) is 16.6. The lowest BCUT2D eigenvalue weighted by atomic mass is 9.94. The predicted molar refractivity (Wildman–Crippen MR) is 119 cm³/mol. The van der Waals surface area contributed by atoms with Gasteiger partial charge in [0.2, 0.25) is 0 Å². The molecule has 0 radical (unpaired) electrons. The Kier molecular flexibility index (Phi) is 5.96. The number of fused-ring (bicyclic) bond motifs is 3. The third-order valence-electron chi connectivity index (χ3n) is 6.25. The molecule has 4 heteroatoms. The quantitative estimate of drug-likeness (QED) is 0.459. The van der Waals surface area contributed by atoms with Crippen LogP contribution in [0, 0.1) is 5.92 Å². The molecule has 1 unspecified atom stereocenters. The van der Waals surface area contributed by atoms with Crippen molar-refractivity contribution < 1.29 is 9.90 Å². The van der Waals surface area contributed by atoms with Gasteiger partial charge in [-0.2, -0.15) is 0 Å². The molecule has 1 atom stereocenters. The minimum absolute atomic E-state index is 0.391. The first-order valence-electron chi connectivity index (χ1n) is 10.7. The number of aromatic nitrogens is 1. The SMILES string of the molecule is CCCCC1CCCc2c(n(Cc3cccc(Cl)c3)c3c(C(=O)O)cccc23)C1. The maximum atomic E-state index is 12.0. The molecule has 29 heavy (non-hydrogen) atoms. The Bertz CT molecular complexity index is 1040. The first-order chi connectivity index (χ1) is 14.1. The summed E-state index contributed by atoms with van der Waals surface area (Å²) < 4.78 is 2.27. The fourth-order valence-corrected chi connectivity index (χ4v) is 5.10. The van der Waals surface area contributed by atoms with Crippen LogP contribution in [0.15, 0.2) is 42.5 Å². The fourth-order valence-electron chi connectivity index (χ4n) is 4.89. The van der Waals surface area contributed by atoms with Crippen LogP contribution in [0.1, 0.15) is 66.2 Å². The third kappa shape index (κ3) is 4.06. The minimum atomic E-state index is -0.863. The van der Waals surface area contributed by atoms with Crippen molar-refractivity contribution in [3.63, 3.8) is 0 Å². The second-order valence-electron chi connectivity index (χ2n) is 8.25. The highest BCUT2D eigenvalue weighted by Crippen LogP contribution is 2.36. The smallest absolute Gasteiger partial charge is 0.337 e. The molecule has 2 aromatic carbocycles. The van der Waals surface area contributed by atoms with Gasteiger partial charge in [-0.25, -0.2) is 4.79 Å². The number of rotatable bonds is 6. The Hall–Kier alpha value is -2.26. The van der Waals surface area contributed by atoms with Crippen LogP contribution in [0.2, 0.25) is 5.02 Å².